The summed E-state index contributed by atoms with van der Waals surface area (Å²) in [5.74, 6) is 1.70. The van der Waals surface area contributed by atoms with Gasteiger partial charge in [0.2, 0.25) is 6.39 Å². The summed E-state index contributed by atoms with van der Waals surface area (Å²) in [6.45, 7) is 1.12. The first-order valence-corrected chi connectivity index (χ1v) is 6.91. The fraction of sp³-hybridized carbons (Fsp3) is 0.846. The van der Waals surface area contributed by atoms with E-state index in [9.17, 15) is 0 Å². The van der Waals surface area contributed by atoms with E-state index >= 15 is 0 Å². The van der Waals surface area contributed by atoms with Gasteiger partial charge in [0.15, 0.2) is 5.82 Å². The van der Waals surface area contributed by atoms with Crippen LogP contribution in [0.15, 0.2) is 10.9 Å². The van der Waals surface area contributed by atoms with Crippen LogP contribution in [0.3, 0.4) is 0 Å². The second-order valence-corrected chi connectivity index (χ2v) is 5.58. The molecular weight excluding hydrogens is 214 g/mol. The number of nitrogens with zero attached hydrogens (tertiary/aromatic N) is 2. The first-order chi connectivity index (χ1) is 8.39. The molecule has 17 heavy (non-hydrogen) atoms. The summed E-state index contributed by atoms with van der Waals surface area (Å²) in [6.07, 6.45) is 12.2. The van der Waals surface area contributed by atoms with Gasteiger partial charge in [0.25, 0.3) is 0 Å². The third kappa shape index (κ3) is 2.51. The van der Waals surface area contributed by atoms with Crippen molar-refractivity contribution in [2.45, 2.75) is 56.9 Å². The Hall–Kier alpha value is -0.900. The Morgan fingerprint density at radius 2 is 2.00 bits per heavy atom. The Balaban J connectivity index is 1.53. The summed E-state index contributed by atoms with van der Waals surface area (Å²) < 4.78 is 4.85. The zero-order chi connectivity index (χ0) is 11.6. The van der Waals surface area contributed by atoms with Crippen LogP contribution in [-0.4, -0.2) is 16.7 Å². The van der Waals surface area contributed by atoms with Crippen LogP contribution in [0.1, 0.15) is 57.2 Å². The predicted molar refractivity (Wildman–Crippen MR) is 64.4 cm³/mol. The van der Waals surface area contributed by atoms with Crippen molar-refractivity contribution in [2.24, 2.45) is 5.92 Å². The minimum atomic E-state index is 0.0549. The van der Waals surface area contributed by atoms with E-state index in [4.69, 9.17) is 4.52 Å². The number of hydrogen-bond donors (Lipinski definition) is 1. The highest BCUT2D eigenvalue weighted by Crippen LogP contribution is 2.44. The summed E-state index contributed by atoms with van der Waals surface area (Å²) >= 11 is 0. The van der Waals surface area contributed by atoms with Gasteiger partial charge < -0.3 is 9.84 Å². The van der Waals surface area contributed by atoms with Crippen LogP contribution >= 0.6 is 0 Å². The van der Waals surface area contributed by atoms with Crippen molar-refractivity contribution in [1.29, 1.82) is 0 Å². The zero-order valence-corrected chi connectivity index (χ0v) is 10.3. The van der Waals surface area contributed by atoms with E-state index < -0.39 is 0 Å². The van der Waals surface area contributed by atoms with Gasteiger partial charge in [-0.1, -0.05) is 30.8 Å². The summed E-state index contributed by atoms with van der Waals surface area (Å²) in [5.41, 5.74) is 0.0549. The highest BCUT2D eigenvalue weighted by atomic mass is 16.5. The lowest BCUT2D eigenvalue weighted by Gasteiger charge is -2.19. The van der Waals surface area contributed by atoms with E-state index in [2.05, 4.69) is 15.5 Å². The molecular formula is C13H21N3O. The maximum atomic E-state index is 4.85. The third-order valence-electron chi connectivity index (χ3n) is 4.24. The van der Waals surface area contributed by atoms with E-state index in [-0.39, 0.29) is 5.54 Å². The van der Waals surface area contributed by atoms with Crippen LogP contribution in [0.25, 0.3) is 0 Å². The average Bonchev–Trinajstić information content (AvgIpc) is 3.03. The molecule has 1 N–H and O–H groups in total. The van der Waals surface area contributed by atoms with Gasteiger partial charge in [0.05, 0.1) is 5.54 Å². The van der Waals surface area contributed by atoms with E-state index in [1.54, 1.807) is 0 Å². The minimum Gasteiger partial charge on any atom is -0.343 e. The smallest absolute Gasteiger partial charge is 0.213 e. The van der Waals surface area contributed by atoms with Crippen LogP contribution in [-0.2, 0) is 5.54 Å². The fourth-order valence-electron chi connectivity index (χ4n) is 2.89. The molecule has 2 aliphatic rings. The molecule has 0 amide bonds. The molecule has 0 unspecified atom stereocenters. The first-order valence-electron chi connectivity index (χ1n) is 6.91. The van der Waals surface area contributed by atoms with Gasteiger partial charge in [-0.2, -0.15) is 4.98 Å². The van der Waals surface area contributed by atoms with Crippen molar-refractivity contribution >= 4 is 0 Å². The lowest BCUT2D eigenvalue weighted by molar-refractivity contribution is 0.358. The lowest BCUT2D eigenvalue weighted by atomic mass is 10.00. The molecule has 2 aliphatic carbocycles. The van der Waals surface area contributed by atoms with Crippen LogP contribution < -0.4 is 5.32 Å². The minimum absolute atomic E-state index is 0.0549. The molecule has 3 rings (SSSR count). The van der Waals surface area contributed by atoms with Gasteiger partial charge in [0.1, 0.15) is 0 Å². The van der Waals surface area contributed by atoms with E-state index in [0.717, 1.165) is 31.1 Å². The summed E-state index contributed by atoms with van der Waals surface area (Å²) in [6, 6.07) is 0. The largest absolute Gasteiger partial charge is 0.343 e. The van der Waals surface area contributed by atoms with Gasteiger partial charge in [-0.05, 0) is 38.1 Å². The van der Waals surface area contributed by atoms with Crippen LogP contribution in [0, 0.1) is 5.92 Å². The van der Waals surface area contributed by atoms with Crippen molar-refractivity contribution in [1.82, 2.24) is 15.5 Å². The lowest BCUT2D eigenvalue weighted by Crippen LogP contribution is -2.34. The van der Waals surface area contributed by atoms with E-state index in [0.29, 0.717) is 0 Å². The second kappa shape index (κ2) is 4.77. The quantitative estimate of drug-likeness (QED) is 0.815. The topological polar surface area (TPSA) is 51.0 Å². The van der Waals surface area contributed by atoms with Crippen LogP contribution in [0.5, 0.6) is 0 Å². The predicted octanol–water partition coefficient (Wildman–Crippen LogP) is 2.62. The average molecular weight is 235 g/mol. The number of nitrogens with one attached hydrogen (secondary N) is 1. The van der Waals surface area contributed by atoms with Gasteiger partial charge in [-0.15, -0.1) is 0 Å². The Morgan fingerprint density at radius 1 is 1.24 bits per heavy atom. The summed E-state index contributed by atoms with van der Waals surface area (Å²) in [4.78, 5) is 4.19. The Morgan fingerprint density at radius 3 is 2.59 bits per heavy atom. The van der Waals surface area contributed by atoms with Crippen LogP contribution in [0.4, 0.5) is 0 Å². The van der Waals surface area contributed by atoms with Gasteiger partial charge in [0, 0.05) is 0 Å². The van der Waals surface area contributed by atoms with Crippen molar-refractivity contribution in [3.8, 4) is 0 Å². The molecule has 1 aromatic heterocycles. The molecule has 2 fully saturated rings. The monoisotopic (exact) mass is 235 g/mol. The molecule has 0 aliphatic heterocycles. The van der Waals surface area contributed by atoms with Crippen LogP contribution in [0.2, 0.25) is 0 Å². The third-order valence-corrected chi connectivity index (χ3v) is 4.24. The maximum absolute atomic E-state index is 4.85. The first kappa shape index (κ1) is 11.2. The molecule has 1 aromatic rings. The Bertz CT molecular complexity index is 338. The molecule has 0 radical (unpaired) electrons. The van der Waals surface area contributed by atoms with Crippen molar-refractivity contribution in [2.75, 3.05) is 6.54 Å². The molecule has 4 nitrogen and oxygen atoms in total. The molecule has 0 atom stereocenters. The standard InChI is InChI=1S/C13H21N3O/c1-2-4-6-11(5-3-1)9-15-13(7-8-13)12-14-10-17-16-12/h10-11,15H,1-9H2. The fourth-order valence-corrected chi connectivity index (χ4v) is 2.89. The number of aromatic nitrogens is 2. The number of rotatable bonds is 4. The number of hydrogen-bond acceptors (Lipinski definition) is 4. The summed E-state index contributed by atoms with van der Waals surface area (Å²) in [7, 11) is 0. The molecule has 1 heterocycles. The van der Waals surface area contributed by atoms with Gasteiger partial charge in [-0.25, -0.2) is 0 Å². The van der Waals surface area contributed by atoms with Crippen molar-refractivity contribution in [3.63, 3.8) is 0 Å². The molecule has 0 spiro atoms. The SMILES string of the molecule is c1nc(C2(NCC3CCCCCC3)CC2)no1. The van der Waals surface area contributed by atoms with E-state index in [1.165, 1.54) is 44.9 Å². The molecule has 94 valence electrons. The van der Waals surface area contributed by atoms with Crippen molar-refractivity contribution in [3.05, 3.63) is 12.2 Å². The molecule has 0 saturated heterocycles. The molecule has 4 heteroatoms. The van der Waals surface area contributed by atoms with Crippen molar-refractivity contribution < 1.29 is 4.52 Å². The Labute approximate surface area is 102 Å². The van der Waals surface area contributed by atoms with Gasteiger partial charge in [-0.3, -0.25) is 0 Å². The van der Waals surface area contributed by atoms with Gasteiger partial charge >= 0.3 is 0 Å². The maximum Gasteiger partial charge on any atom is 0.213 e. The highest BCUT2D eigenvalue weighted by molar-refractivity contribution is 5.14. The van der Waals surface area contributed by atoms with E-state index in [1.807, 2.05) is 0 Å². The molecule has 0 aromatic carbocycles. The highest BCUT2D eigenvalue weighted by Gasteiger charge is 2.47. The molecule has 0 bridgehead atoms. The second-order valence-electron chi connectivity index (χ2n) is 5.58. The zero-order valence-electron chi connectivity index (χ0n) is 10.3. The summed E-state index contributed by atoms with van der Waals surface area (Å²) in [5, 5.41) is 7.67. The Kier molecular flexibility index (Phi) is 3.14. The normalized spacial score (nSPS) is 24.5. The molecule has 2 saturated carbocycles.